The maximum atomic E-state index is 12.7. The molecule has 2 aromatic heterocycles. The highest BCUT2D eigenvalue weighted by molar-refractivity contribution is 5.44. The lowest BCUT2D eigenvalue weighted by molar-refractivity contribution is 0.415. The first-order valence-corrected chi connectivity index (χ1v) is 8.42. The number of hydrogen-bond donors (Lipinski definition) is 2. The Morgan fingerprint density at radius 2 is 1.85 bits per heavy atom. The molecule has 3 rings (SSSR count). The molecule has 0 unspecified atom stereocenters. The molecule has 0 spiro atoms. The third-order valence-corrected chi connectivity index (χ3v) is 4.15. The molecular weight excluding hydrogens is 348 g/mol. The summed E-state index contributed by atoms with van der Waals surface area (Å²) < 4.78 is 6.25. The van der Waals surface area contributed by atoms with Gasteiger partial charge >= 0.3 is 5.56 Å². The molecule has 1 aromatic carbocycles. The summed E-state index contributed by atoms with van der Waals surface area (Å²) >= 11 is 0. The monoisotopic (exact) mass is 368 g/mol. The summed E-state index contributed by atoms with van der Waals surface area (Å²) in [4.78, 5) is 31.8. The van der Waals surface area contributed by atoms with Gasteiger partial charge in [0.2, 0.25) is 5.95 Å². The first kappa shape index (κ1) is 18.3. The molecule has 140 valence electrons. The van der Waals surface area contributed by atoms with Gasteiger partial charge in [-0.25, -0.2) is 4.98 Å². The van der Waals surface area contributed by atoms with E-state index in [-0.39, 0.29) is 17.2 Å². The number of azo groups is 1. The molecule has 9 heteroatoms. The largest absolute Gasteiger partial charge is 0.497 e. The van der Waals surface area contributed by atoms with Crippen LogP contribution in [0.15, 0.2) is 44.1 Å². The zero-order chi connectivity index (χ0) is 19.6. The topological polar surface area (TPSA) is 117 Å². The van der Waals surface area contributed by atoms with Gasteiger partial charge in [-0.3, -0.25) is 19.7 Å². The lowest BCUT2D eigenvalue weighted by Crippen LogP contribution is -2.24. The van der Waals surface area contributed by atoms with Crippen LogP contribution in [-0.4, -0.2) is 26.9 Å². The highest BCUT2D eigenvalue weighted by Crippen LogP contribution is 2.21. The Kier molecular flexibility index (Phi) is 5.02. The number of rotatable bonds is 5. The fraction of sp³-hybridized carbons (Fsp3) is 0.278. The van der Waals surface area contributed by atoms with Crippen molar-refractivity contribution < 1.29 is 4.74 Å². The quantitative estimate of drug-likeness (QED) is 0.673. The summed E-state index contributed by atoms with van der Waals surface area (Å²) in [5, 5.41) is 11.0. The molecule has 0 atom stereocenters. The standard InChI is InChI=1S/C18H20N6O3/c1-5-14-10(2)19-18(20-16(14)25)24-17(26)15(11(3)23-24)22-21-12-6-8-13(27-4)9-7-12/h6-9,23H,5H2,1-4H3,(H,19,20,25). The summed E-state index contributed by atoms with van der Waals surface area (Å²) in [7, 11) is 1.58. The molecule has 0 saturated carbocycles. The van der Waals surface area contributed by atoms with E-state index in [0.717, 1.165) is 4.68 Å². The number of aromatic amines is 2. The number of methoxy groups -OCH3 is 1. The third kappa shape index (κ3) is 3.57. The van der Waals surface area contributed by atoms with Gasteiger partial charge in [0, 0.05) is 11.3 Å². The Morgan fingerprint density at radius 1 is 1.15 bits per heavy atom. The van der Waals surface area contributed by atoms with Crippen molar-refractivity contribution in [1.29, 1.82) is 0 Å². The maximum absolute atomic E-state index is 12.7. The van der Waals surface area contributed by atoms with Crippen LogP contribution in [0.3, 0.4) is 0 Å². The summed E-state index contributed by atoms with van der Waals surface area (Å²) in [6.45, 7) is 5.32. The van der Waals surface area contributed by atoms with Crippen LogP contribution in [-0.2, 0) is 6.42 Å². The molecule has 0 aliphatic rings. The lowest BCUT2D eigenvalue weighted by atomic mass is 10.2. The second-order valence-corrected chi connectivity index (χ2v) is 5.93. The molecule has 27 heavy (non-hydrogen) atoms. The second-order valence-electron chi connectivity index (χ2n) is 5.93. The zero-order valence-corrected chi connectivity index (χ0v) is 15.5. The van der Waals surface area contributed by atoms with Crippen molar-refractivity contribution in [2.45, 2.75) is 27.2 Å². The fourth-order valence-electron chi connectivity index (χ4n) is 2.68. The summed E-state index contributed by atoms with van der Waals surface area (Å²) in [6.07, 6.45) is 0.564. The van der Waals surface area contributed by atoms with E-state index in [9.17, 15) is 9.59 Å². The first-order chi connectivity index (χ1) is 12.9. The SMILES string of the molecule is CCc1c(C)nc(-n2[nH]c(C)c(N=Nc3ccc(OC)cc3)c2=O)[nH]c1=O. The maximum Gasteiger partial charge on any atom is 0.301 e. The highest BCUT2D eigenvalue weighted by Gasteiger charge is 2.15. The van der Waals surface area contributed by atoms with E-state index < -0.39 is 5.56 Å². The second kappa shape index (κ2) is 7.40. The molecule has 2 N–H and O–H groups in total. The van der Waals surface area contributed by atoms with Gasteiger partial charge in [-0.2, -0.15) is 9.80 Å². The predicted molar refractivity (Wildman–Crippen MR) is 101 cm³/mol. The van der Waals surface area contributed by atoms with Crippen LogP contribution < -0.4 is 15.9 Å². The van der Waals surface area contributed by atoms with Crippen molar-refractivity contribution >= 4 is 11.4 Å². The summed E-state index contributed by atoms with van der Waals surface area (Å²) in [6, 6.07) is 6.97. The van der Waals surface area contributed by atoms with E-state index in [1.165, 1.54) is 0 Å². The molecule has 0 aliphatic heterocycles. The molecule has 0 radical (unpaired) electrons. The number of benzene rings is 1. The van der Waals surface area contributed by atoms with Gasteiger partial charge in [0.25, 0.3) is 5.56 Å². The number of hydrogen-bond acceptors (Lipinski definition) is 6. The van der Waals surface area contributed by atoms with Crippen molar-refractivity contribution in [3.8, 4) is 11.7 Å². The van der Waals surface area contributed by atoms with Gasteiger partial charge in [0.05, 0.1) is 18.5 Å². The molecular formula is C18H20N6O3. The fourth-order valence-corrected chi connectivity index (χ4v) is 2.68. The van der Waals surface area contributed by atoms with Gasteiger partial charge in [0.1, 0.15) is 5.75 Å². The van der Waals surface area contributed by atoms with Crippen LogP contribution in [0.4, 0.5) is 11.4 Å². The van der Waals surface area contributed by atoms with Crippen molar-refractivity contribution in [3.63, 3.8) is 0 Å². The van der Waals surface area contributed by atoms with Crippen LogP contribution in [0.5, 0.6) is 5.75 Å². The number of ether oxygens (including phenoxy) is 1. The minimum Gasteiger partial charge on any atom is -0.497 e. The van der Waals surface area contributed by atoms with E-state index in [2.05, 4.69) is 25.3 Å². The van der Waals surface area contributed by atoms with Gasteiger partial charge in [-0.1, -0.05) is 6.92 Å². The highest BCUT2D eigenvalue weighted by atomic mass is 16.5. The molecule has 0 amide bonds. The Hall–Kier alpha value is -3.49. The van der Waals surface area contributed by atoms with Crippen molar-refractivity contribution in [1.82, 2.24) is 19.7 Å². The Bertz CT molecular complexity index is 1110. The van der Waals surface area contributed by atoms with Gasteiger partial charge in [-0.05, 0) is 44.5 Å². The van der Waals surface area contributed by atoms with E-state index in [4.69, 9.17) is 4.74 Å². The lowest BCUT2D eigenvalue weighted by Gasteiger charge is -2.05. The summed E-state index contributed by atoms with van der Waals surface area (Å²) in [5.74, 6) is 0.823. The Labute approximate surface area is 154 Å². The van der Waals surface area contributed by atoms with Crippen LogP contribution in [0.2, 0.25) is 0 Å². The number of nitrogens with one attached hydrogen (secondary N) is 2. The Morgan fingerprint density at radius 3 is 2.44 bits per heavy atom. The molecule has 0 bridgehead atoms. The molecule has 2 heterocycles. The molecule has 9 nitrogen and oxygen atoms in total. The number of H-pyrrole nitrogens is 2. The van der Waals surface area contributed by atoms with Crippen molar-refractivity contribution in [2.75, 3.05) is 7.11 Å². The average Bonchev–Trinajstić information content (AvgIpc) is 2.94. The van der Waals surface area contributed by atoms with Crippen LogP contribution in [0.1, 0.15) is 23.9 Å². The minimum atomic E-state index is -0.448. The van der Waals surface area contributed by atoms with Crippen LogP contribution in [0, 0.1) is 13.8 Å². The van der Waals surface area contributed by atoms with E-state index >= 15 is 0 Å². The average molecular weight is 368 g/mol. The van der Waals surface area contributed by atoms with Crippen molar-refractivity contribution in [2.24, 2.45) is 10.2 Å². The van der Waals surface area contributed by atoms with E-state index in [1.807, 2.05) is 6.92 Å². The van der Waals surface area contributed by atoms with E-state index in [0.29, 0.717) is 34.8 Å². The Balaban J connectivity index is 1.99. The van der Waals surface area contributed by atoms with Gasteiger partial charge in [0.15, 0.2) is 5.69 Å². The number of aromatic nitrogens is 4. The third-order valence-electron chi connectivity index (χ3n) is 4.15. The van der Waals surface area contributed by atoms with Crippen LogP contribution in [0.25, 0.3) is 5.95 Å². The zero-order valence-electron chi connectivity index (χ0n) is 15.5. The van der Waals surface area contributed by atoms with Gasteiger partial charge in [-0.15, -0.1) is 5.11 Å². The molecule has 0 saturated heterocycles. The normalized spacial score (nSPS) is 11.3. The predicted octanol–water partition coefficient (Wildman–Crippen LogP) is 2.85. The van der Waals surface area contributed by atoms with Gasteiger partial charge < -0.3 is 4.74 Å². The smallest absolute Gasteiger partial charge is 0.301 e. The minimum absolute atomic E-state index is 0.119. The van der Waals surface area contributed by atoms with E-state index in [1.54, 1.807) is 45.2 Å². The molecule has 0 aliphatic carbocycles. The number of aryl methyl sites for hydroxylation is 2. The van der Waals surface area contributed by atoms with Crippen molar-refractivity contribution in [3.05, 3.63) is 61.9 Å². The summed E-state index contributed by atoms with van der Waals surface area (Å²) in [5.41, 5.74) is 1.70. The molecule has 0 fully saturated rings. The number of nitrogens with zero attached hydrogens (tertiary/aromatic N) is 4. The first-order valence-electron chi connectivity index (χ1n) is 8.42. The van der Waals surface area contributed by atoms with Crippen LogP contribution >= 0.6 is 0 Å². The molecule has 3 aromatic rings.